The van der Waals surface area contributed by atoms with Crippen molar-refractivity contribution in [2.24, 2.45) is 0 Å². The first-order valence-electron chi connectivity index (χ1n) is 6.26. The second-order valence-corrected chi connectivity index (χ2v) is 5.74. The van der Waals surface area contributed by atoms with E-state index < -0.39 is 0 Å². The van der Waals surface area contributed by atoms with Gasteiger partial charge in [-0.25, -0.2) is 4.39 Å². The molecule has 1 aliphatic rings. The molecule has 1 aromatic heterocycles. The summed E-state index contributed by atoms with van der Waals surface area (Å²) in [7, 11) is 0. The standard InChI is InChI=1S/C15H13FN2S/c16-12-3-6-15(11(8-12)9-17)18(13-4-5-13)10-14-2-1-7-19-14/h1-3,6-8,13H,4-5,10H2. The summed E-state index contributed by atoms with van der Waals surface area (Å²) in [5.74, 6) is -0.354. The van der Waals surface area contributed by atoms with Crippen LogP contribution in [0, 0.1) is 17.1 Å². The summed E-state index contributed by atoms with van der Waals surface area (Å²) in [5, 5.41) is 11.2. The number of nitriles is 1. The van der Waals surface area contributed by atoms with Gasteiger partial charge in [-0.1, -0.05) is 6.07 Å². The normalized spacial score (nSPS) is 14.1. The Morgan fingerprint density at radius 1 is 1.37 bits per heavy atom. The Morgan fingerprint density at radius 3 is 2.84 bits per heavy atom. The van der Waals surface area contributed by atoms with Gasteiger partial charge in [-0.3, -0.25) is 0 Å². The zero-order valence-corrected chi connectivity index (χ0v) is 11.2. The fourth-order valence-electron chi connectivity index (χ4n) is 2.22. The van der Waals surface area contributed by atoms with Gasteiger partial charge in [0.25, 0.3) is 0 Å². The minimum atomic E-state index is -0.354. The van der Waals surface area contributed by atoms with E-state index in [1.165, 1.54) is 17.0 Å². The van der Waals surface area contributed by atoms with Gasteiger partial charge in [0, 0.05) is 10.9 Å². The van der Waals surface area contributed by atoms with Gasteiger partial charge in [0.1, 0.15) is 11.9 Å². The molecule has 1 aliphatic carbocycles. The molecule has 0 aliphatic heterocycles. The van der Waals surface area contributed by atoms with Crippen LogP contribution in [0.2, 0.25) is 0 Å². The first-order chi connectivity index (χ1) is 9.28. The van der Waals surface area contributed by atoms with Crippen LogP contribution in [0.1, 0.15) is 23.3 Å². The quantitative estimate of drug-likeness (QED) is 0.843. The molecule has 1 heterocycles. The van der Waals surface area contributed by atoms with E-state index in [0.717, 1.165) is 25.1 Å². The first kappa shape index (κ1) is 12.2. The number of hydrogen-bond acceptors (Lipinski definition) is 3. The van der Waals surface area contributed by atoms with E-state index in [1.54, 1.807) is 17.4 Å². The topological polar surface area (TPSA) is 27.0 Å². The van der Waals surface area contributed by atoms with Crippen molar-refractivity contribution < 1.29 is 4.39 Å². The summed E-state index contributed by atoms with van der Waals surface area (Å²) in [6.45, 7) is 0.794. The molecular weight excluding hydrogens is 259 g/mol. The van der Waals surface area contributed by atoms with E-state index in [2.05, 4.69) is 22.4 Å². The Morgan fingerprint density at radius 2 is 2.21 bits per heavy atom. The Labute approximate surface area is 115 Å². The monoisotopic (exact) mass is 272 g/mol. The summed E-state index contributed by atoms with van der Waals surface area (Å²) in [4.78, 5) is 3.49. The van der Waals surface area contributed by atoms with Crippen molar-refractivity contribution in [1.82, 2.24) is 0 Å². The van der Waals surface area contributed by atoms with Crippen LogP contribution in [-0.2, 0) is 6.54 Å². The molecule has 0 unspecified atom stereocenters. The van der Waals surface area contributed by atoms with Crippen LogP contribution in [0.25, 0.3) is 0 Å². The molecule has 1 aromatic carbocycles. The highest BCUT2D eigenvalue weighted by molar-refractivity contribution is 7.09. The zero-order valence-electron chi connectivity index (χ0n) is 10.3. The maximum atomic E-state index is 13.2. The van der Waals surface area contributed by atoms with Crippen molar-refractivity contribution in [1.29, 1.82) is 5.26 Å². The molecule has 0 spiro atoms. The molecule has 0 radical (unpaired) electrons. The Bertz CT molecular complexity index is 612. The van der Waals surface area contributed by atoms with E-state index in [1.807, 2.05) is 6.07 Å². The van der Waals surface area contributed by atoms with Gasteiger partial charge in [0.2, 0.25) is 0 Å². The number of benzene rings is 1. The van der Waals surface area contributed by atoms with Gasteiger partial charge in [-0.2, -0.15) is 5.26 Å². The first-order valence-corrected chi connectivity index (χ1v) is 7.14. The summed E-state index contributed by atoms with van der Waals surface area (Å²) in [5.41, 5.74) is 1.27. The van der Waals surface area contributed by atoms with E-state index >= 15 is 0 Å². The van der Waals surface area contributed by atoms with Gasteiger partial charge in [0.15, 0.2) is 0 Å². The zero-order chi connectivity index (χ0) is 13.2. The van der Waals surface area contributed by atoms with Crippen molar-refractivity contribution in [2.45, 2.75) is 25.4 Å². The minimum Gasteiger partial charge on any atom is -0.362 e. The lowest BCUT2D eigenvalue weighted by atomic mass is 10.1. The van der Waals surface area contributed by atoms with Gasteiger partial charge >= 0.3 is 0 Å². The lowest BCUT2D eigenvalue weighted by Crippen LogP contribution is -2.25. The number of thiophene rings is 1. The highest BCUT2D eigenvalue weighted by Gasteiger charge is 2.30. The van der Waals surface area contributed by atoms with Crippen molar-refractivity contribution in [3.8, 4) is 6.07 Å². The fourth-order valence-corrected chi connectivity index (χ4v) is 2.92. The molecule has 4 heteroatoms. The lowest BCUT2D eigenvalue weighted by molar-refractivity contribution is 0.626. The Kier molecular flexibility index (Phi) is 3.22. The molecule has 19 heavy (non-hydrogen) atoms. The van der Waals surface area contributed by atoms with Crippen LogP contribution in [0.15, 0.2) is 35.7 Å². The van der Waals surface area contributed by atoms with Crippen LogP contribution in [0.3, 0.4) is 0 Å². The van der Waals surface area contributed by atoms with Gasteiger partial charge in [0.05, 0.1) is 17.8 Å². The van der Waals surface area contributed by atoms with Crippen LogP contribution >= 0.6 is 11.3 Å². The van der Waals surface area contributed by atoms with E-state index in [-0.39, 0.29) is 5.82 Å². The maximum absolute atomic E-state index is 13.2. The van der Waals surface area contributed by atoms with Crippen molar-refractivity contribution in [3.05, 3.63) is 52.0 Å². The largest absolute Gasteiger partial charge is 0.362 e. The van der Waals surface area contributed by atoms with Gasteiger partial charge in [-0.05, 0) is 42.5 Å². The second-order valence-electron chi connectivity index (χ2n) is 4.71. The molecule has 0 bridgehead atoms. The van der Waals surface area contributed by atoms with Crippen molar-refractivity contribution in [3.63, 3.8) is 0 Å². The molecule has 1 saturated carbocycles. The average molecular weight is 272 g/mol. The highest BCUT2D eigenvalue weighted by atomic mass is 32.1. The van der Waals surface area contributed by atoms with Gasteiger partial charge < -0.3 is 4.90 Å². The minimum absolute atomic E-state index is 0.354. The number of hydrogen-bond donors (Lipinski definition) is 0. The fraction of sp³-hybridized carbons (Fsp3) is 0.267. The molecule has 2 aromatic rings. The molecule has 0 saturated heterocycles. The molecule has 0 atom stereocenters. The number of nitrogens with zero attached hydrogens (tertiary/aromatic N) is 2. The summed E-state index contributed by atoms with van der Waals surface area (Å²) in [6, 6.07) is 11.2. The van der Waals surface area contributed by atoms with Crippen molar-refractivity contribution in [2.75, 3.05) is 4.90 Å². The molecule has 0 N–H and O–H groups in total. The molecule has 96 valence electrons. The summed E-state index contributed by atoms with van der Waals surface area (Å²) < 4.78 is 13.2. The Hall–Kier alpha value is -1.86. The van der Waals surface area contributed by atoms with Crippen LogP contribution in [-0.4, -0.2) is 6.04 Å². The van der Waals surface area contributed by atoms with E-state index in [4.69, 9.17) is 0 Å². The number of rotatable bonds is 4. The van der Waals surface area contributed by atoms with Crippen LogP contribution in [0.4, 0.5) is 10.1 Å². The molecule has 2 nitrogen and oxygen atoms in total. The predicted molar refractivity (Wildman–Crippen MR) is 74.6 cm³/mol. The number of anilines is 1. The third-order valence-corrected chi connectivity index (χ3v) is 4.14. The predicted octanol–water partition coefficient (Wildman–Crippen LogP) is 3.93. The summed E-state index contributed by atoms with van der Waals surface area (Å²) in [6.07, 6.45) is 2.29. The SMILES string of the molecule is N#Cc1cc(F)ccc1N(Cc1cccs1)C1CC1. The van der Waals surface area contributed by atoms with Crippen LogP contribution < -0.4 is 4.90 Å². The maximum Gasteiger partial charge on any atom is 0.124 e. The van der Waals surface area contributed by atoms with Crippen LogP contribution in [0.5, 0.6) is 0 Å². The van der Waals surface area contributed by atoms with E-state index in [0.29, 0.717) is 11.6 Å². The smallest absolute Gasteiger partial charge is 0.124 e. The second kappa shape index (κ2) is 5.02. The molecule has 3 rings (SSSR count). The Balaban J connectivity index is 1.94. The molecule has 1 fully saturated rings. The third-order valence-electron chi connectivity index (χ3n) is 3.28. The third kappa shape index (κ3) is 2.61. The van der Waals surface area contributed by atoms with Crippen molar-refractivity contribution >= 4 is 17.0 Å². The average Bonchev–Trinajstić information content (AvgIpc) is 3.13. The molecular formula is C15H13FN2S. The van der Waals surface area contributed by atoms with E-state index in [9.17, 15) is 9.65 Å². The van der Waals surface area contributed by atoms with Gasteiger partial charge in [-0.15, -0.1) is 11.3 Å². The lowest BCUT2D eigenvalue weighted by Gasteiger charge is -2.25. The number of halogens is 1. The summed E-state index contributed by atoms with van der Waals surface area (Å²) >= 11 is 1.71. The highest BCUT2D eigenvalue weighted by Crippen LogP contribution is 2.35. The molecule has 0 amide bonds.